The van der Waals surface area contributed by atoms with Gasteiger partial charge < -0.3 is 4.99 Å². The van der Waals surface area contributed by atoms with E-state index >= 15 is 0 Å². The van der Waals surface area contributed by atoms with Crippen molar-refractivity contribution >= 4 is 6.21 Å². The minimum atomic E-state index is 0.722. The average molecular weight is 127 g/mol. The molecule has 0 fully saturated rings. The summed E-state index contributed by atoms with van der Waals surface area (Å²) in [6, 6.07) is 0. The lowest BCUT2D eigenvalue weighted by Crippen LogP contribution is -1.98. The van der Waals surface area contributed by atoms with Crippen LogP contribution in [0.3, 0.4) is 0 Å². The van der Waals surface area contributed by atoms with Gasteiger partial charge in [0.05, 0.1) is 0 Å². The van der Waals surface area contributed by atoms with E-state index in [1.165, 1.54) is 19.3 Å². The first-order valence-corrected chi connectivity index (χ1v) is 3.77. The highest BCUT2D eigenvalue weighted by Crippen LogP contribution is 2.06. The molecule has 0 bridgehead atoms. The predicted octanol–water partition coefficient (Wildman–Crippen LogP) is 2.51. The molecular formula is C8H17N. The van der Waals surface area contributed by atoms with E-state index in [1.807, 2.05) is 7.05 Å². The number of nitrogens with zero attached hydrogens (tertiary/aromatic N) is 1. The fraction of sp³-hybridized carbons (Fsp3) is 0.875. The maximum absolute atomic E-state index is 4.00. The van der Waals surface area contributed by atoms with Gasteiger partial charge in [0.1, 0.15) is 0 Å². The Hall–Kier alpha value is -0.330. The van der Waals surface area contributed by atoms with Crippen LogP contribution in [0.2, 0.25) is 0 Å². The molecule has 0 aliphatic heterocycles. The van der Waals surface area contributed by atoms with Gasteiger partial charge in [0.25, 0.3) is 0 Å². The maximum Gasteiger partial charge on any atom is 0.0273 e. The largest absolute Gasteiger partial charge is 0.301 e. The van der Waals surface area contributed by atoms with Crippen LogP contribution >= 0.6 is 0 Å². The first-order chi connectivity index (χ1) is 4.35. The summed E-state index contributed by atoms with van der Waals surface area (Å²) in [5.41, 5.74) is 0. The second kappa shape index (κ2) is 5.80. The van der Waals surface area contributed by atoms with E-state index in [9.17, 15) is 0 Å². The first kappa shape index (κ1) is 8.67. The van der Waals surface area contributed by atoms with Crippen LogP contribution in [0.25, 0.3) is 0 Å². The molecule has 0 rings (SSSR count). The molecule has 1 heteroatoms. The monoisotopic (exact) mass is 127 g/mol. The summed E-state index contributed by atoms with van der Waals surface area (Å²) in [5.74, 6) is 0.722. The molecule has 0 aromatic heterocycles. The summed E-state index contributed by atoms with van der Waals surface area (Å²) in [6.07, 6.45) is 5.84. The summed E-state index contributed by atoms with van der Waals surface area (Å²) < 4.78 is 0. The Labute approximate surface area is 58.2 Å². The van der Waals surface area contributed by atoms with Crippen molar-refractivity contribution in [1.82, 2.24) is 0 Å². The summed E-state index contributed by atoms with van der Waals surface area (Å²) >= 11 is 0. The van der Waals surface area contributed by atoms with Crippen LogP contribution in [0.4, 0.5) is 0 Å². The number of aliphatic imine (C=N–C) groups is 1. The molecule has 0 aromatic carbocycles. The quantitative estimate of drug-likeness (QED) is 0.514. The highest BCUT2D eigenvalue weighted by atomic mass is 14.6. The van der Waals surface area contributed by atoms with E-state index in [0.29, 0.717) is 0 Å². The fourth-order valence-corrected chi connectivity index (χ4v) is 0.966. The van der Waals surface area contributed by atoms with Crippen LogP contribution < -0.4 is 0 Å². The van der Waals surface area contributed by atoms with E-state index in [0.717, 1.165) is 5.92 Å². The summed E-state index contributed by atoms with van der Waals surface area (Å²) in [5, 5.41) is 0. The van der Waals surface area contributed by atoms with Crippen LogP contribution in [-0.4, -0.2) is 13.3 Å². The van der Waals surface area contributed by atoms with Gasteiger partial charge in [-0.1, -0.05) is 20.3 Å². The topological polar surface area (TPSA) is 12.4 Å². The molecule has 1 atom stereocenters. The highest BCUT2D eigenvalue weighted by molar-refractivity contribution is 5.60. The van der Waals surface area contributed by atoms with Crippen molar-refractivity contribution in [2.24, 2.45) is 10.9 Å². The van der Waals surface area contributed by atoms with Crippen LogP contribution in [0.15, 0.2) is 4.99 Å². The molecule has 0 saturated carbocycles. The lowest BCUT2D eigenvalue weighted by Gasteiger charge is -2.04. The second-order valence-corrected chi connectivity index (χ2v) is 2.36. The van der Waals surface area contributed by atoms with Gasteiger partial charge in [-0.25, -0.2) is 0 Å². The van der Waals surface area contributed by atoms with Crippen molar-refractivity contribution in [1.29, 1.82) is 0 Å². The zero-order chi connectivity index (χ0) is 7.11. The van der Waals surface area contributed by atoms with Gasteiger partial charge in [0.15, 0.2) is 0 Å². The van der Waals surface area contributed by atoms with Gasteiger partial charge in [-0.05, 0) is 18.8 Å². The Bertz CT molecular complexity index is 76.6. The molecule has 0 radical (unpaired) electrons. The average Bonchev–Trinajstić information content (AvgIpc) is 1.88. The van der Waals surface area contributed by atoms with Gasteiger partial charge in [0, 0.05) is 13.3 Å². The first-order valence-electron chi connectivity index (χ1n) is 3.77. The molecule has 0 aliphatic carbocycles. The summed E-state index contributed by atoms with van der Waals surface area (Å²) in [7, 11) is 1.85. The number of hydrogen-bond donors (Lipinski definition) is 0. The number of hydrogen-bond acceptors (Lipinski definition) is 1. The third-order valence-corrected chi connectivity index (χ3v) is 1.54. The van der Waals surface area contributed by atoms with Gasteiger partial charge >= 0.3 is 0 Å². The fourth-order valence-electron chi connectivity index (χ4n) is 0.966. The Kier molecular flexibility index (Phi) is 5.59. The predicted molar refractivity (Wildman–Crippen MR) is 43.1 cm³/mol. The van der Waals surface area contributed by atoms with Crippen LogP contribution in [0, 0.1) is 5.92 Å². The lowest BCUT2D eigenvalue weighted by molar-refractivity contribution is 0.604. The van der Waals surface area contributed by atoms with Gasteiger partial charge in [-0.3, -0.25) is 0 Å². The standard InChI is InChI=1S/C8H17N/c1-4-6-8(5-2)7-9-3/h7-8H,4-6H2,1-3H3. The zero-order valence-corrected chi connectivity index (χ0v) is 6.72. The van der Waals surface area contributed by atoms with Crippen molar-refractivity contribution in [3.8, 4) is 0 Å². The van der Waals surface area contributed by atoms with E-state index in [-0.39, 0.29) is 0 Å². The van der Waals surface area contributed by atoms with Gasteiger partial charge in [-0.15, -0.1) is 0 Å². The number of rotatable bonds is 4. The molecule has 0 amide bonds. The van der Waals surface area contributed by atoms with Crippen LogP contribution in [-0.2, 0) is 0 Å². The highest BCUT2D eigenvalue weighted by Gasteiger charge is 1.98. The van der Waals surface area contributed by atoms with Gasteiger partial charge in [-0.2, -0.15) is 0 Å². The Balaban J connectivity index is 3.41. The van der Waals surface area contributed by atoms with E-state index in [2.05, 4.69) is 25.1 Å². The molecule has 0 aliphatic rings. The molecule has 0 heterocycles. The lowest BCUT2D eigenvalue weighted by atomic mass is 10.0. The van der Waals surface area contributed by atoms with Crippen molar-refractivity contribution in [2.75, 3.05) is 7.05 Å². The maximum atomic E-state index is 4.00. The molecule has 1 nitrogen and oxygen atoms in total. The second-order valence-electron chi connectivity index (χ2n) is 2.36. The summed E-state index contributed by atoms with van der Waals surface area (Å²) in [4.78, 5) is 4.00. The van der Waals surface area contributed by atoms with Crippen molar-refractivity contribution in [3.05, 3.63) is 0 Å². The van der Waals surface area contributed by atoms with Crippen LogP contribution in [0.1, 0.15) is 33.1 Å². The Morgan fingerprint density at radius 1 is 1.44 bits per heavy atom. The molecule has 0 aromatic rings. The van der Waals surface area contributed by atoms with Crippen molar-refractivity contribution in [2.45, 2.75) is 33.1 Å². The van der Waals surface area contributed by atoms with Crippen LogP contribution in [0.5, 0.6) is 0 Å². The minimum Gasteiger partial charge on any atom is -0.301 e. The van der Waals surface area contributed by atoms with E-state index in [4.69, 9.17) is 0 Å². The molecule has 0 spiro atoms. The minimum absolute atomic E-state index is 0.722. The molecule has 9 heavy (non-hydrogen) atoms. The zero-order valence-electron chi connectivity index (χ0n) is 6.72. The Morgan fingerprint density at radius 3 is 2.44 bits per heavy atom. The molecule has 0 saturated heterocycles. The third kappa shape index (κ3) is 4.19. The van der Waals surface area contributed by atoms with E-state index in [1.54, 1.807) is 0 Å². The van der Waals surface area contributed by atoms with E-state index < -0.39 is 0 Å². The molecule has 1 unspecified atom stereocenters. The van der Waals surface area contributed by atoms with Crippen molar-refractivity contribution in [3.63, 3.8) is 0 Å². The van der Waals surface area contributed by atoms with Crippen molar-refractivity contribution < 1.29 is 0 Å². The molecule has 54 valence electrons. The van der Waals surface area contributed by atoms with Gasteiger partial charge in [0.2, 0.25) is 0 Å². The summed E-state index contributed by atoms with van der Waals surface area (Å²) in [6.45, 7) is 4.42. The Morgan fingerprint density at radius 2 is 2.11 bits per heavy atom. The molecule has 0 N–H and O–H groups in total. The molecular weight excluding hydrogens is 110 g/mol. The third-order valence-electron chi connectivity index (χ3n) is 1.54. The smallest absolute Gasteiger partial charge is 0.0273 e. The SMILES string of the molecule is CCCC(C=NC)CC. The normalized spacial score (nSPS) is 14.6.